The number of benzene rings is 2. The number of hydrogen-bond acceptors (Lipinski definition) is 4. The van der Waals surface area contributed by atoms with Crippen LogP contribution in [0.4, 0.5) is 0 Å². The zero-order valence-electron chi connectivity index (χ0n) is 12.6. The first-order valence-electron chi connectivity index (χ1n) is 6.81. The second-order valence-electron chi connectivity index (χ2n) is 4.56. The Morgan fingerprint density at radius 1 is 1.14 bits per heavy atom. The van der Waals surface area contributed by atoms with Crippen LogP contribution in [0.3, 0.4) is 0 Å². The number of amides is 1. The van der Waals surface area contributed by atoms with Gasteiger partial charge in [-0.2, -0.15) is 5.10 Å². The molecule has 0 heterocycles. The van der Waals surface area contributed by atoms with Gasteiger partial charge in [0.2, 0.25) is 5.91 Å². The second kappa shape index (κ2) is 7.83. The Bertz CT molecular complexity index is 654. The molecule has 2 aromatic rings. The summed E-state index contributed by atoms with van der Waals surface area (Å²) in [6, 6.07) is 14.9. The van der Waals surface area contributed by atoms with E-state index in [1.54, 1.807) is 32.4 Å². The molecular weight excluding hydrogens is 280 g/mol. The molecule has 0 atom stereocenters. The molecule has 5 heteroatoms. The molecule has 0 saturated heterocycles. The molecule has 0 aliphatic carbocycles. The molecule has 114 valence electrons. The predicted molar refractivity (Wildman–Crippen MR) is 85.4 cm³/mol. The average molecular weight is 298 g/mol. The number of hydrogen-bond donors (Lipinski definition) is 1. The van der Waals surface area contributed by atoms with Gasteiger partial charge in [-0.1, -0.05) is 30.3 Å². The van der Waals surface area contributed by atoms with Crippen molar-refractivity contribution in [2.45, 2.75) is 6.42 Å². The van der Waals surface area contributed by atoms with Gasteiger partial charge in [-0.3, -0.25) is 4.79 Å². The van der Waals surface area contributed by atoms with E-state index >= 15 is 0 Å². The third-order valence-electron chi connectivity index (χ3n) is 3.04. The topological polar surface area (TPSA) is 59.9 Å². The number of hydrazone groups is 1. The van der Waals surface area contributed by atoms with Crippen molar-refractivity contribution in [3.63, 3.8) is 0 Å². The van der Waals surface area contributed by atoms with Gasteiger partial charge < -0.3 is 9.47 Å². The highest BCUT2D eigenvalue weighted by atomic mass is 16.5. The summed E-state index contributed by atoms with van der Waals surface area (Å²) in [6.07, 6.45) is 1.82. The highest BCUT2D eigenvalue weighted by Crippen LogP contribution is 2.22. The van der Waals surface area contributed by atoms with Crippen molar-refractivity contribution < 1.29 is 14.3 Å². The first-order chi connectivity index (χ1) is 10.7. The van der Waals surface area contributed by atoms with Gasteiger partial charge in [0, 0.05) is 5.56 Å². The summed E-state index contributed by atoms with van der Waals surface area (Å²) in [5.74, 6) is 1.17. The Labute approximate surface area is 129 Å². The van der Waals surface area contributed by atoms with Gasteiger partial charge in [0.25, 0.3) is 0 Å². The number of carbonyl (C=O) groups is 1. The van der Waals surface area contributed by atoms with Gasteiger partial charge in [-0.05, 0) is 23.8 Å². The molecular formula is C17H18N2O3. The minimum Gasteiger partial charge on any atom is -0.497 e. The van der Waals surface area contributed by atoms with Crippen molar-refractivity contribution in [2.24, 2.45) is 5.10 Å². The normalized spacial score (nSPS) is 10.5. The lowest BCUT2D eigenvalue weighted by molar-refractivity contribution is -0.120. The summed E-state index contributed by atoms with van der Waals surface area (Å²) in [7, 11) is 3.16. The zero-order valence-corrected chi connectivity index (χ0v) is 12.6. The van der Waals surface area contributed by atoms with E-state index in [-0.39, 0.29) is 12.3 Å². The summed E-state index contributed by atoms with van der Waals surface area (Å²) >= 11 is 0. The number of nitrogens with one attached hydrogen (secondary N) is 1. The maximum absolute atomic E-state index is 11.8. The molecule has 0 spiro atoms. The number of methoxy groups -OCH3 is 2. The Kier molecular flexibility index (Phi) is 5.54. The Hall–Kier alpha value is -2.82. The third-order valence-corrected chi connectivity index (χ3v) is 3.04. The fourth-order valence-corrected chi connectivity index (χ4v) is 1.93. The lowest BCUT2D eigenvalue weighted by atomic mass is 10.1. The first-order valence-corrected chi connectivity index (χ1v) is 6.81. The van der Waals surface area contributed by atoms with E-state index in [0.29, 0.717) is 11.5 Å². The molecule has 0 bridgehead atoms. The first kappa shape index (κ1) is 15.6. The molecule has 22 heavy (non-hydrogen) atoms. The Balaban J connectivity index is 1.98. The molecule has 0 aliphatic rings. The van der Waals surface area contributed by atoms with Crippen LogP contribution in [0.1, 0.15) is 11.1 Å². The SMILES string of the molecule is COc1ccc(OC)c(C=NNC(=O)Cc2ccccc2)c1. The monoisotopic (exact) mass is 298 g/mol. The van der Waals surface area contributed by atoms with E-state index in [0.717, 1.165) is 11.1 Å². The molecule has 0 aromatic heterocycles. The highest BCUT2D eigenvalue weighted by molar-refractivity contribution is 5.86. The molecule has 5 nitrogen and oxygen atoms in total. The lowest BCUT2D eigenvalue weighted by Crippen LogP contribution is -2.19. The van der Waals surface area contributed by atoms with Gasteiger partial charge in [0.15, 0.2) is 0 Å². The molecule has 0 saturated carbocycles. The van der Waals surface area contributed by atoms with Crippen molar-refractivity contribution in [1.29, 1.82) is 0 Å². The second-order valence-corrected chi connectivity index (χ2v) is 4.56. The van der Waals surface area contributed by atoms with E-state index in [4.69, 9.17) is 9.47 Å². The molecule has 0 unspecified atom stereocenters. The smallest absolute Gasteiger partial charge is 0.244 e. The van der Waals surface area contributed by atoms with Crippen LogP contribution in [0.15, 0.2) is 53.6 Å². The summed E-state index contributed by atoms with van der Waals surface area (Å²) in [5.41, 5.74) is 4.17. The lowest BCUT2D eigenvalue weighted by Gasteiger charge is -2.06. The van der Waals surface area contributed by atoms with Gasteiger partial charge in [-0.15, -0.1) is 0 Å². The number of carbonyl (C=O) groups excluding carboxylic acids is 1. The summed E-state index contributed by atoms with van der Waals surface area (Å²) < 4.78 is 10.4. The average Bonchev–Trinajstić information content (AvgIpc) is 2.55. The third kappa shape index (κ3) is 4.34. The van der Waals surface area contributed by atoms with Crippen molar-refractivity contribution in [2.75, 3.05) is 14.2 Å². The molecule has 1 amide bonds. The molecule has 0 aliphatic heterocycles. The van der Waals surface area contributed by atoms with E-state index in [2.05, 4.69) is 10.5 Å². The van der Waals surface area contributed by atoms with Crippen molar-refractivity contribution in [1.82, 2.24) is 5.43 Å². The van der Waals surface area contributed by atoms with Crippen LogP contribution in [0.2, 0.25) is 0 Å². The minimum atomic E-state index is -0.177. The zero-order chi connectivity index (χ0) is 15.8. The number of nitrogens with zero attached hydrogens (tertiary/aromatic N) is 1. The number of ether oxygens (including phenoxy) is 2. The van der Waals surface area contributed by atoms with Crippen molar-refractivity contribution >= 4 is 12.1 Å². The maximum Gasteiger partial charge on any atom is 0.244 e. The van der Waals surface area contributed by atoms with E-state index in [1.807, 2.05) is 30.3 Å². The predicted octanol–water partition coefficient (Wildman–Crippen LogP) is 2.40. The maximum atomic E-state index is 11.8. The fourth-order valence-electron chi connectivity index (χ4n) is 1.93. The summed E-state index contributed by atoms with van der Waals surface area (Å²) in [5, 5.41) is 3.96. The largest absolute Gasteiger partial charge is 0.497 e. The van der Waals surface area contributed by atoms with Crippen LogP contribution in [0, 0.1) is 0 Å². The van der Waals surface area contributed by atoms with Crippen LogP contribution in [0.25, 0.3) is 0 Å². The molecule has 2 aromatic carbocycles. The quantitative estimate of drug-likeness (QED) is 0.658. The highest BCUT2D eigenvalue weighted by Gasteiger charge is 2.04. The van der Waals surface area contributed by atoms with Gasteiger partial charge in [0.1, 0.15) is 11.5 Å². The van der Waals surface area contributed by atoms with Crippen molar-refractivity contribution in [3.8, 4) is 11.5 Å². The van der Waals surface area contributed by atoms with Gasteiger partial charge in [0.05, 0.1) is 26.9 Å². The van der Waals surface area contributed by atoms with Gasteiger partial charge >= 0.3 is 0 Å². The molecule has 1 N–H and O–H groups in total. The van der Waals surface area contributed by atoms with Crippen molar-refractivity contribution in [3.05, 3.63) is 59.7 Å². The van der Waals surface area contributed by atoms with E-state index < -0.39 is 0 Å². The van der Waals surface area contributed by atoms with Crippen LogP contribution < -0.4 is 14.9 Å². The Morgan fingerprint density at radius 2 is 1.91 bits per heavy atom. The summed E-state index contributed by atoms with van der Waals surface area (Å²) in [6.45, 7) is 0. The molecule has 2 rings (SSSR count). The number of rotatable bonds is 6. The molecule has 0 fully saturated rings. The van der Waals surface area contributed by atoms with E-state index in [1.165, 1.54) is 6.21 Å². The van der Waals surface area contributed by atoms with Crippen LogP contribution in [0.5, 0.6) is 11.5 Å². The fraction of sp³-hybridized carbons (Fsp3) is 0.176. The van der Waals surface area contributed by atoms with E-state index in [9.17, 15) is 4.79 Å². The standard InChI is InChI=1S/C17H18N2O3/c1-21-15-8-9-16(22-2)14(11-15)12-18-19-17(20)10-13-6-4-3-5-7-13/h3-9,11-12H,10H2,1-2H3,(H,19,20). The summed E-state index contributed by atoms with van der Waals surface area (Å²) in [4.78, 5) is 11.8. The van der Waals surface area contributed by atoms with Crippen LogP contribution in [-0.2, 0) is 11.2 Å². The Morgan fingerprint density at radius 3 is 2.59 bits per heavy atom. The molecule has 0 radical (unpaired) electrons. The van der Waals surface area contributed by atoms with Gasteiger partial charge in [-0.25, -0.2) is 5.43 Å². The van der Waals surface area contributed by atoms with Crippen LogP contribution in [-0.4, -0.2) is 26.3 Å². The van der Waals surface area contributed by atoms with Crippen LogP contribution >= 0.6 is 0 Å². The minimum absolute atomic E-state index is 0.177.